The summed E-state index contributed by atoms with van der Waals surface area (Å²) in [5.41, 5.74) is 9.36. The Hall–Kier alpha value is -8.35. The van der Waals surface area contributed by atoms with Crippen LogP contribution >= 0.6 is 0 Å². The molecule has 8 heteroatoms. The van der Waals surface area contributed by atoms with Crippen LogP contribution in [0.25, 0.3) is 41.7 Å². The fourth-order valence-corrected chi connectivity index (χ4v) is 6.56. The van der Waals surface area contributed by atoms with Crippen LogP contribution in [-0.2, 0) is 19.3 Å². The van der Waals surface area contributed by atoms with E-state index in [2.05, 4.69) is 65.1 Å². The van der Waals surface area contributed by atoms with E-state index in [1.807, 2.05) is 62.4 Å². The monoisotopic (exact) mass is 755 g/mol. The molecule has 58 heavy (non-hydrogen) atoms. The highest BCUT2D eigenvalue weighted by molar-refractivity contribution is 6.19. The van der Waals surface area contributed by atoms with Gasteiger partial charge in [0, 0.05) is 29.5 Å². The van der Waals surface area contributed by atoms with Crippen LogP contribution in [0.2, 0.25) is 0 Å². The highest BCUT2D eigenvalue weighted by Gasteiger charge is 2.27. The number of nitriles is 2. The van der Waals surface area contributed by atoms with Crippen LogP contribution in [-0.4, -0.2) is 16.7 Å². The van der Waals surface area contributed by atoms with Gasteiger partial charge in [0.15, 0.2) is 17.8 Å². The highest BCUT2D eigenvalue weighted by atomic mass is 16.3. The van der Waals surface area contributed by atoms with Crippen LogP contribution in [0.3, 0.4) is 0 Å². The molecule has 0 bridgehead atoms. The number of phenolic OH excluding ortho intramolecular Hbond substituents is 1. The van der Waals surface area contributed by atoms with Gasteiger partial charge in [-0.3, -0.25) is 9.59 Å². The molecule has 1 N–H and O–H groups in total. The first-order valence-corrected chi connectivity index (χ1v) is 17.7. The molecule has 0 heterocycles. The predicted octanol–water partition coefficient (Wildman–Crippen LogP) is 11.7. The summed E-state index contributed by atoms with van der Waals surface area (Å²) in [5, 5.41) is 29.9. The molecule has 280 valence electrons. The Labute approximate surface area is 338 Å². The molecule has 0 amide bonds. The third kappa shape index (κ3) is 9.47. The minimum absolute atomic E-state index is 0.0408. The van der Waals surface area contributed by atoms with E-state index in [0.717, 1.165) is 44.4 Å². The van der Waals surface area contributed by atoms with Gasteiger partial charge in [0.1, 0.15) is 24.5 Å². The molecule has 8 rings (SSSR count). The maximum absolute atomic E-state index is 11.9. The summed E-state index contributed by atoms with van der Waals surface area (Å²) in [6.07, 6.45) is 2.77. The van der Waals surface area contributed by atoms with Gasteiger partial charge in [0.25, 0.3) is 0 Å². The molecule has 0 atom stereocenters. The predicted molar refractivity (Wildman–Crippen MR) is 230 cm³/mol. The van der Waals surface area contributed by atoms with Crippen molar-refractivity contribution in [2.75, 3.05) is 0 Å². The zero-order chi connectivity index (χ0) is 42.5. The van der Waals surface area contributed by atoms with Gasteiger partial charge in [-0.15, -0.1) is 6.58 Å². The van der Waals surface area contributed by atoms with Crippen LogP contribution in [0, 0.1) is 42.4 Å². The van der Waals surface area contributed by atoms with Gasteiger partial charge < -0.3 is 5.11 Å². The molecule has 0 saturated carbocycles. The number of fused-ring (bicyclic) bond motifs is 1. The lowest BCUT2D eigenvalue weighted by Crippen LogP contribution is -2.12. The first kappa shape index (κ1) is 42.4. The summed E-state index contributed by atoms with van der Waals surface area (Å²) in [6, 6.07) is 32.2. The van der Waals surface area contributed by atoms with Crippen LogP contribution in [0.5, 0.6) is 5.75 Å². The third-order valence-electron chi connectivity index (χ3n) is 8.96. The Morgan fingerprint density at radius 2 is 1.10 bits per heavy atom. The second-order valence-electron chi connectivity index (χ2n) is 13.5. The quantitative estimate of drug-likeness (QED) is 0.0731. The van der Waals surface area contributed by atoms with E-state index >= 15 is 0 Å². The van der Waals surface area contributed by atoms with Crippen molar-refractivity contribution >= 4 is 38.7 Å². The molecule has 0 aromatic heterocycles. The summed E-state index contributed by atoms with van der Waals surface area (Å²) in [5.74, 6) is 0.367. The van der Waals surface area contributed by atoms with Gasteiger partial charge >= 0.3 is 5.82 Å². The van der Waals surface area contributed by atoms with Gasteiger partial charge in [-0.25, -0.2) is 4.85 Å². The summed E-state index contributed by atoms with van der Waals surface area (Å²) in [7, 11) is 0. The van der Waals surface area contributed by atoms with Crippen molar-refractivity contribution < 1.29 is 14.7 Å². The minimum Gasteiger partial charge on any atom is -0.508 e. The van der Waals surface area contributed by atoms with E-state index in [9.17, 15) is 14.7 Å². The summed E-state index contributed by atoms with van der Waals surface area (Å²) >= 11 is 0. The largest absolute Gasteiger partial charge is 0.527 e. The average molecular weight is 756 g/mol. The number of carbonyl (C=O) groups is 2. The lowest BCUT2D eigenvalue weighted by Gasteiger charge is -2.20. The maximum Gasteiger partial charge on any atom is 0.527 e. The van der Waals surface area contributed by atoms with E-state index in [-0.39, 0.29) is 28.7 Å². The molecular formula is C50H37N5O3. The molecule has 0 radical (unpaired) electrons. The number of nitrogens with zero attached hydrogens (tertiary/aromatic N) is 5. The fraction of sp³-hybridized carbons (Fsp3) is 0.100. The number of ketones is 2. The van der Waals surface area contributed by atoms with Gasteiger partial charge in [0.2, 0.25) is 0 Å². The van der Waals surface area contributed by atoms with Crippen molar-refractivity contribution in [3.8, 4) is 17.9 Å². The van der Waals surface area contributed by atoms with Crippen molar-refractivity contribution in [3.63, 3.8) is 0 Å². The highest BCUT2D eigenvalue weighted by Crippen LogP contribution is 2.40. The average Bonchev–Trinajstić information content (AvgIpc) is 3.51. The van der Waals surface area contributed by atoms with Crippen LogP contribution in [0.1, 0.15) is 56.8 Å². The zero-order valence-electron chi connectivity index (χ0n) is 32.2. The molecule has 3 aliphatic rings. The summed E-state index contributed by atoms with van der Waals surface area (Å²) < 4.78 is 0. The lowest BCUT2D eigenvalue weighted by molar-refractivity contribution is 0.102. The first-order chi connectivity index (χ1) is 27.8. The maximum atomic E-state index is 11.9. The molecule has 5 aromatic carbocycles. The van der Waals surface area contributed by atoms with Crippen LogP contribution < -0.4 is 0 Å². The normalized spacial score (nSPS) is 12.3. The minimum atomic E-state index is -0.153. The molecule has 0 unspecified atom stereocenters. The summed E-state index contributed by atoms with van der Waals surface area (Å²) in [4.78, 5) is 32.7. The Bertz CT molecular complexity index is 2810. The number of benzene rings is 5. The van der Waals surface area contributed by atoms with Gasteiger partial charge in [-0.05, 0) is 81.3 Å². The van der Waals surface area contributed by atoms with Gasteiger partial charge in [0.05, 0.1) is 24.3 Å². The van der Waals surface area contributed by atoms with Crippen molar-refractivity contribution in [1.29, 1.82) is 10.5 Å². The standard InChI is InChI=1S/C17H10N2.C14H10O.C10H8O2.C5HN3.C4H8/c1-11-10-13-8-4-6-12-7-5-9-14(16(12)13)15(11)17(18-2)19-3;1-9-8-11-6-2-4-10-5-3-7-12(13(10)11)14(9)15;1-6-5-8-7(10(6)12)3-2-4-9(8)11;1-8-4-5(2-6)3-7;1-4(2)3/h4-9H,1,10H2;2-7H,1,8H2;2-4,11H,1,5H2;4H;1H2,2-3H3. The second-order valence-corrected chi connectivity index (χ2v) is 13.5. The Balaban J connectivity index is 0.000000172. The number of aromatic hydroxyl groups is 1. The number of carbonyl (C=O) groups excluding carboxylic acids is 2. The Morgan fingerprint density at radius 1 is 0.672 bits per heavy atom. The number of hydrogen-bond donors (Lipinski definition) is 1. The van der Waals surface area contributed by atoms with Crippen LogP contribution in [0.15, 0.2) is 157 Å². The summed E-state index contributed by atoms with van der Waals surface area (Å²) in [6.45, 7) is 39.5. The van der Waals surface area contributed by atoms with E-state index in [1.165, 1.54) is 28.8 Å². The number of Topliss-reactive ketones (excluding diaryl/α,β-unsaturated/α-hetero) is 2. The lowest BCUT2D eigenvalue weighted by atomic mass is 9.82. The molecule has 0 fully saturated rings. The molecule has 8 nitrogen and oxygen atoms in total. The number of allylic oxidation sites excluding steroid dienone is 6. The van der Waals surface area contributed by atoms with Crippen molar-refractivity contribution in [1.82, 2.24) is 0 Å². The molecule has 3 aliphatic carbocycles. The van der Waals surface area contributed by atoms with Crippen molar-refractivity contribution in [3.05, 3.63) is 225 Å². The van der Waals surface area contributed by atoms with E-state index in [0.29, 0.717) is 47.1 Å². The van der Waals surface area contributed by atoms with Crippen molar-refractivity contribution in [2.24, 2.45) is 0 Å². The smallest absolute Gasteiger partial charge is 0.508 e. The number of phenols is 1. The SMILES string of the molecule is C=C(C)C.C=C1Cc2c(O)cccc2C1=O.C=C1Cc2cccc3cccc(c23)C1=O.[C-]#[N+]C([N+]#[C-])=C1C(=C)Cc2cccc3cccc1c23.[C-]#[N+]C=C(C#N)C#N. The fourth-order valence-electron chi connectivity index (χ4n) is 6.56. The molecule has 5 aromatic rings. The van der Waals surface area contributed by atoms with Gasteiger partial charge in [-0.2, -0.15) is 20.2 Å². The van der Waals surface area contributed by atoms with Gasteiger partial charge in [-0.1, -0.05) is 110 Å². The van der Waals surface area contributed by atoms with E-state index < -0.39 is 0 Å². The molecule has 0 saturated heterocycles. The third-order valence-corrected chi connectivity index (χ3v) is 8.96. The van der Waals surface area contributed by atoms with Crippen LogP contribution in [0.4, 0.5) is 0 Å². The molecule has 0 spiro atoms. The Kier molecular flexibility index (Phi) is 14.1. The van der Waals surface area contributed by atoms with E-state index in [1.54, 1.807) is 18.2 Å². The van der Waals surface area contributed by atoms with E-state index in [4.69, 9.17) is 30.2 Å². The number of rotatable bonds is 0. The molecular weight excluding hydrogens is 719 g/mol. The molecule has 0 aliphatic heterocycles. The Morgan fingerprint density at radius 3 is 1.59 bits per heavy atom. The number of hydrogen-bond acceptors (Lipinski definition) is 5. The first-order valence-electron chi connectivity index (χ1n) is 17.7. The van der Waals surface area contributed by atoms with Crippen molar-refractivity contribution in [2.45, 2.75) is 33.1 Å². The second kappa shape index (κ2) is 19.3. The topological polar surface area (TPSA) is 115 Å². The zero-order valence-corrected chi connectivity index (χ0v) is 32.2.